The summed E-state index contributed by atoms with van der Waals surface area (Å²) in [7, 11) is 1.74. The van der Waals surface area contributed by atoms with Gasteiger partial charge in [-0.2, -0.15) is 0 Å². The van der Waals surface area contributed by atoms with E-state index in [0.29, 0.717) is 0 Å². The lowest BCUT2D eigenvalue weighted by molar-refractivity contribution is -0.0110. The first kappa shape index (κ1) is 17.6. The number of methoxy groups -OCH3 is 1. The van der Waals surface area contributed by atoms with E-state index in [1.807, 2.05) is 0 Å². The molecule has 0 spiro atoms. The molecule has 5 heteroatoms. The predicted molar refractivity (Wildman–Crippen MR) is 85.9 cm³/mol. The monoisotopic (exact) mass is 299 g/mol. The van der Waals surface area contributed by atoms with Gasteiger partial charge in [0.15, 0.2) is 0 Å². The van der Waals surface area contributed by atoms with E-state index in [1.165, 1.54) is 0 Å². The Balaban J connectivity index is 2.86. The van der Waals surface area contributed by atoms with Crippen LogP contribution in [0.4, 0.5) is 0 Å². The molecule has 4 nitrogen and oxygen atoms in total. The van der Waals surface area contributed by atoms with Gasteiger partial charge in [-0.1, -0.05) is 41.5 Å². The van der Waals surface area contributed by atoms with Gasteiger partial charge in [0.1, 0.15) is 0 Å². The van der Waals surface area contributed by atoms with E-state index in [4.69, 9.17) is 15.6 Å². The van der Waals surface area contributed by atoms with Gasteiger partial charge in [0.05, 0.1) is 22.8 Å². The zero-order valence-electron chi connectivity index (χ0n) is 13.8. The maximum absolute atomic E-state index is 5.73. The fourth-order valence-corrected chi connectivity index (χ4v) is 3.39. The molecule has 20 heavy (non-hydrogen) atoms. The van der Waals surface area contributed by atoms with Crippen molar-refractivity contribution in [3.05, 3.63) is 16.1 Å². The van der Waals surface area contributed by atoms with Gasteiger partial charge in [-0.3, -0.25) is 11.3 Å². The highest BCUT2D eigenvalue weighted by Crippen LogP contribution is 2.28. The highest BCUT2D eigenvalue weighted by Gasteiger charge is 2.32. The normalized spacial score (nSPS) is 16.2. The zero-order chi connectivity index (χ0) is 15.6. The zero-order valence-corrected chi connectivity index (χ0v) is 14.6. The van der Waals surface area contributed by atoms with Crippen molar-refractivity contribution in [2.45, 2.75) is 65.5 Å². The SMILES string of the molecule is COC(C(Cc1nc(C(C)(C)C)cs1)NN)C(C)(C)C. The van der Waals surface area contributed by atoms with Crippen LogP contribution in [0, 0.1) is 5.41 Å². The summed E-state index contributed by atoms with van der Waals surface area (Å²) in [4.78, 5) is 4.74. The van der Waals surface area contributed by atoms with E-state index in [1.54, 1.807) is 18.4 Å². The Labute approximate surface area is 127 Å². The number of nitrogens with zero attached hydrogens (tertiary/aromatic N) is 1. The van der Waals surface area contributed by atoms with E-state index >= 15 is 0 Å². The topological polar surface area (TPSA) is 60.2 Å². The summed E-state index contributed by atoms with van der Waals surface area (Å²) in [6.45, 7) is 13.0. The van der Waals surface area contributed by atoms with Crippen LogP contribution >= 0.6 is 11.3 Å². The summed E-state index contributed by atoms with van der Waals surface area (Å²) in [6, 6.07) is 0.0546. The molecule has 0 bridgehead atoms. The van der Waals surface area contributed by atoms with E-state index in [2.05, 4.69) is 52.3 Å². The third-order valence-electron chi connectivity index (χ3n) is 3.40. The Morgan fingerprint density at radius 3 is 2.25 bits per heavy atom. The Hall–Kier alpha value is -0.490. The van der Waals surface area contributed by atoms with Crippen LogP contribution in [0.25, 0.3) is 0 Å². The van der Waals surface area contributed by atoms with Gasteiger partial charge in [0.25, 0.3) is 0 Å². The summed E-state index contributed by atoms with van der Waals surface area (Å²) < 4.78 is 5.65. The molecule has 0 radical (unpaired) electrons. The molecule has 2 unspecified atom stereocenters. The van der Waals surface area contributed by atoms with E-state index in [0.717, 1.165) is 17.1 Å². The second kappa shape index (κ2) is 6.52. The maximum Gasteiger partial charge on any atom is 0.0945 e. The highest BCUT2D eigenvalue weighted by molar-refractivity contribution is 7.09. The van der Waals surface area contributed by atoms with Crippen molar-refractivity contribution >= 4 is 11.3 Å². The van der Waals surface area contributed by atoms with Gasteiger partial charge in [-0.05, 0) is 5.41 Å². The maximum atomic E-state index is 5.73. The lowest BCUT2D eigenvalue weighted by Gasteiger charge is -2.35. The third-order valence-corrected chi connectivity index (χ3v) is 4.27. The molecule has 0 aromatic carbocycles. The van der Waals surface area contributed by atoms with Gasteiger partial charge in [0.2, 0.25) is 0 Å². The minimum atomic E-state index is 0.0237. The summed E-state index contributed by atoms with van der Waals surface area (Å²) in [5.41, 5.74) is 4.15. The van der Waals surface area contributed by atoms with Gasteiger partial charge in [-0.15, -0.1) is 11.3 Å². The van der Waals surface area contributed by atoms with Crippen LogP contribution in [0.3, 0.4) is 0 Å². The molecule has 1 aromatic rings. The summed E-state index contributed by atoms with van der Waals surface area (Å²) in [5.74, 6) is 5.73. The number of hydrogen-bond donors (Lipinski definition) is 2. The molecule has 0 saturated carbocycles. The number of ether oxygens (including phenoxy) is 1. The molecule has 0 saturated heterocycles. The Bertz CT molecular complexity index is 417. The van der Waals surface area contributed by atoms with Gasteiger partial charge in [0, 0.05) is 24.3 Å². The van der Waals surface area contributed by atoms with Crippen molar-refractivity contribution in [3.63, 3.8) is 0 Å². The molecule has 0 aliphatic rings. The molecule has 0 fully saturated rings. The van der Waals surface area contributed by atoms with Crippen molar-refractivity contribution in [3.8, 4) is 0 Å². The average Bonchev–Trinajstić information content (AvgIpc) is 2.75. The number of rotatable bonds is 5. The Morgan fingerprint density at radius 1 is 1.30 bits per heavy atom. The van der Waals surface area contributed by atoms with E-state index in [9.17, 15) is 0 Å². The van der Waals surface area contributed by atoms with Crippen LogP contribution in [0.15, 0.2) is 5.38 Å². The number of nitrogens with one attached hydrogen (secondary N) is 1. The predicted octanol–water partition coefficient (Wildman–Crippen LogP) is 2.88. The van der Waals surface area contributed by atoms with Crippen molar-refractivity contribution in [2.24, 2.45) is 11.3 Å². The minimum absolute atomic E-state index is 0.0237. The van der Waals surface area contributed by atoms with E-state index in [-0.39, 0.29) is 23.0 Å². The quantitative estimate of drug-likeness (QED) is 0.648. The first-order valence-corrected chi connectivity index (χ1v) is 7.91. The summed E-state index contributed by atoms with van der Waals surface area (Å²) >= 11 is 1.70. The number of aromatic nitrogens is 1. The lowest BCUT2D eigenvalue weighted by Crippen LogP contribution is -2.51. The van der Waals surface area contributed by atoms with Crippen LogP contribution in [0.1, 0.15) is 52.2 Å². The van der Waals surface area contributed by atoms with Gasteiger partial charge in [-0.25, -0.2) is 4.98 Å². The van der Waals surface area contributed by atoms with Crippen molar-refractivity contribution in [1.82, 2.24) is 10.4 Å². The Kier molecular flexibility index (Phi) is 5.72. The number of nitrogens with two attached hydrogens (primary N) is 1. The largest absolute Gasteiger partial charge is 0.379 e. The van der Waals surface area contributed by atoms with Crippen molar-refractivity contribution < 1.29 is 4.74 Å². The average molecular weight is 299 g/mol. The molecule has 0 amide bonds. The van der Waals surface area contributed by atoms with Crippen LogP contribution in [0.2, 0.25) is 0 Å². The Morgan fingerprint density at radius 2 is 1.90 bits per heavy atom. The van der Waals surface area contributed by atoms with Crippen molar-refractivity contribution in [1.29, 1.82) is 0 Å². The number of thiazole rings is 1. The van der Waals surface area contributed by atoms with Crippen LogP contribution in [-0.4, -0.2) is 24.2 Å². The first-order valence-electron chi connectivity index (χ1n) is 7.03. The molecular formula is C15H29N3OS. The van der Waals surface area contributed by atoms with Crippen LogP contribution in [-0.2, 0) is 16.6 Å². The molecule has 1 rings (SSSR count). The molecule has 3 N–H and O–H groups in total. The van der Waals surface area contributed by atoms with Gasteiger partial charge < -0.3 is 4.74 Å². The standard InChI is InChI=1S/C15H29N3OS/c1-14(2,3)11-9-20-12(17-11)8-10(18-16)13(19-7)15(4,5)6/h9-10,13,18H,8,16H2,1-7H3. The first-order chi connectivity index (χ1) is 9.09. The number of hydrogen-bond acceptors (Lipinski definition) is 5. The second-order valence-electron chi connectivity index (χ2n) is 7.38. The fraction of sp³-hybridized carbons (Fsp3) is 0.800. The molecule has 2 atom stereocenters. The molecule has 1 aromatic heterocycles. The van der Waals surface area contributed by atoms with Crippen LogP contribution in [0.5, 0.6) is 0 Å². The molecule has 0 aliphatic carbocycles. The third kappa shape index (κ3) is 4.52. The number of hydrazine groups is 1. The van der Waals surface area contributed by atoms with Crippen molar-refractivity contribution in [2.75, 3.05) is 7.11 Å². The lowest BCUT2D eigenvalue weighted by atomic mass is 9.83. The molecular weight excluding hydrogens is 270 g/mol. The smallest absolute Gasteiger partial charge is 0.0945 e. The fourth-order valence-electron chi connectivity index (χ4n) is 2.31. The second-order valence-corrected chi connectivity index (χ2v) is 8.32. The summed E-state index contributed by atoms with van der Waals surface area (Å²) in [5, 5.41) is 3.24. The van der Waals surface area contributed by atoms with E-state index < -0.39 is 0 Å². The molecule has 116 valence electrons. The van der Waals surface area contributed by atoms with Crippen LogP contribution < -0.4 is 11.3 Å². The van der Waals surface area contributed by atoms with Gasteiger partial charge >= 0.3 is 0 Å². The molecule has 0 aliphatic heterocycles. The summed E-state index contributed by atoms with van der Waals surface area (Å²) in [6.07, 6.45) is 0.821. The molecule has 1 heterocycles. The minimum Gasteiger partial charge on any atom is -0.379 e. The highest BCUT2D eigenvalue weighted by atomic mass is 32.1.